The fraction of sp³-hybridized carbons (Fsp3) is 0.214. The van der Waals surface area contributed by atoms with Gasteiger partial charge in [-0.15, -0.1) is 0 Å². The van der Waals surface area contributed by atoms with Gasteiger partial charge in [-0.2, -0.15) is 9.97 Å². The van der Waals surface area contributed by atoms with Crippen molar-refractivity contribution in [2.75, 3.05) is 19.5 Å². The maximum absolute atomic E-state index is 9.79. The van der Waals surface area contributed by atoms with Crippen molar-refractivity contribution >= 4 is 17.1 Å². The zero-order chi connectivity index (χ0) is 15.5. The zero-order valence-corrected chi connectivity index (χ0v) is 12.1. The molecule has 0 fully saturated rings. The molecule has 3 aromatic rings. The molecule has 0 unspecified atom stereocenters. The van der Waals surface area contributed by atoms with Crippen molar-refractivity contribution in [2.45, 2.75) is 6.54 Å². The molecule has 8 nitrogen and oxygen atoms in total. The average molecular weight is 301 g/mol. The van der Waals surface area contributed by atoms with Gasteiger partial charge in [-0.1, -0.05) is 0 Å². The van der Waals surface area contributed by atoms with Crippen molar-refractivity contribution in [2.24, 2.45) is 0 Å². The van der Waals surface area contributed by atoms with Crippen molar-refractivity contribution in [3.8, 4) is 17.4 Å². The molecule has 8 heteroatoms. The number of anilines is 1. The maximum atomic E-state index is 9.79. The van der Waals surface area contributed by atoms with E-state index in [-0.39, 0.29) is 5.88 Å². The minimum absolute atomic E-state index is 0.169. The number of hydrogen-bond donors (Lipinski definition) is 3. The monoisotopic (exact) mass is 301 g/mol. The first-order valence-corrected chi connectivity index (χ1v) is 6.55. The van der Waals surface area contributed by atoms with E-state index >= 15 is 0 Å². The molecule has 2 aromatic heterocycles. The van der Waals surface area contributed by atoms with Gasteiger partial charge in [0.05, 0.1) is 20.5 Å². The van der Waals surface area contributed by atoms with Crippen LogP contribution in [0.2, 0.25) is 0 Å². The molecule has 22 heavy (non-hydrogen) atoms. The van der Waals surface area contributed by atoms with Crippen LogP contribution in [0.1, 0.15) is 5.56 Å². The Morgan fingerprint density at radius 1 is 1.14 bits per heavy atom. The highest BCUT2D eigenvalue weighted by Crippen LogP contribution is 2.23. The summed E-state index contributed by atoms with van der Waals surface area (Å²) in [6.45, 7) is 0.451. The van der Waals surface area contributed by atoms with E-state index in [0.717, 1.165) is 5.56 Å². The Balaban J connectivity index is 1.81. The highest BCUT2D eigenvalue weighted by Gasteiger charge is 2.09. The van der Waals surface area contributed by atoms with E-state index in [1.165, 1.54) is 6.33 Å². The predicted octanol–water partition coefficient (Wildman–Crippen LogP) is 1.69. The lowest BCUT2D eigenvalue weighted by Crippen LogP contribution is -2.04. The normalized spacial score (nSPS) is 10.6. The van der Waals surface area contributed by atoms with Crippen LogP contribution in [0, 0.1) is 0 Å². The smallest absolute Gasteiger partial charge is 0.244 e. The second-order valence-corrected chi connectivity index (χ2v) is 4.55. The molecule has 0 aliphatic heterocycles. The number of imidazole rings is 1. The third-order valence-electron chi connectivity index (χ3n) is 3.12. The molecule has 0 bridgehead atoms. The first-order chi connectivity index (χ1) is 10.7. The number of fused-ring (bicyclic) bond motifs is 1. The van der Waals surface area contributed by atoms with Crippen LogP contribution in [0.4, 0.5) is 5.95 Å². The van der Waals surface area contributed by atoms with Gasteiger partial charge in [0.2, 0.25) is 11.8 Å². The lowest BCUT2D eigenvalue weighted by molar-refractivity contribution is 0.393. The summed E-state index contributed by atoms with van der Waals surface area (Å²) in [4.78, 5) is 15.0. The summed E-state index contributed by atoms with van der Waals surface area (Å²) in [5.41, 5.74) is 1.75. The van der Waals surface area contributed by atoms with Crippen LogP contribution in [-0.4, -0.2) is 39.3 Å². The van der Waals surface area contributed by atoms with Crippen molar-refractivity contribution in [3.63, 3.8) is 0 Å². The van der Waals surface area contributed by atoms with Gasteiger partial charge in [-0.05, 0) is 17.7 Å². The van der Waals surface area contributed by atoms with Gasteiger partial charge in [0, 0.05) is 12.6 Å². The van der Waals surface area contributed by atoms with Gasteiger partial charge >= 0.3 is 0 Å². The van der Waals surface area contributed by atoms with Crippen molar-refractivity contribution < 1.29 is 14.6 Å². The van der Waals surface area contributed by atoms with Crippen LogP contribution in [0.5, 0.6) is 17.4 Å². The van der Waals surface area contributed by atoms with E-state index < -0.39 is 0 Å². The standard InChI is InChI=1S/C14H15N5O3/c1-21-9-3-8(4-10(5-9)22-2)6-15-14-18-12-11(13(20)19-14)16-7-17-12/h3-5,7H,6H2,1-2H3,(H3,15,16,17,18,19,20). The Hall–Kier alpha value is -3.03. The van der Waals surface area contributed by atoms with E-state index in [4.69, 9.17) is 9.47 Å². The molecule has 0 saturated heterocycles. The van der Waals surface area contributed by atoms with Gasteiger partial charge in [0.1, 0.15) is 11.5 Å². The molecule has 0 spiro atoms. The molecule has 2 heterocycles. The summed E-state index contributed by atoms with van der Waals surface area (Å²) in [6, 6.07) is 5.55. The van der Waals surface area contributed by atoms with Crippen molar-refractivity contribution in [1.29, 1.82) is 0 Å². The summed E-state index contributed by atoms with van der Waals surface area (Å²) in [7, 11) is 3.19. The lowest BCUT2D eigenvalue weighted by atomic mass is 10.2. The molecule has 0 atom stereocenters. The van der Waals surface area contributed by atoms with Crippen molar-refractivity contribution in [3.05, 3.63) is 30.1 Å². The summed E-state index contributed by atoms with van der Waals surface area (Å²) in [5, 5.41) is 12.8. The Morgan fingerprint density at radius 3 is 2.55 bits per heavy atom. The summed E-state index contributed by atoms with van der Waals surface area (Å²) < 4.78 is 10.4. The lowest BCUT2D eigenvalue weighted by Gasteiger charge is -2.09. The second-order valence-electron chi connectivity index (χ2n) is 4.55. The minimum Gasteiger partial charge on any atom is -0.497 e. The molecule has 0 aliphatic carbocycles. The summed E-state index contributed by atoms with van der Waals surface area (Å²) in [6.07, 6.45) is 1.45. The number of hydrogen-bond acceptors (Lipinski definition) is 7. The SMILES string of the molecule is COc1cc(CNc2nc(O)c3nc[nH]c3n2)cc(OC)c1. The van der Waals surface area contributed by atoms with E-state index in [0.29, 0.717) is 35.2 Å². The zero-order valence-electron chi connectivity index (χ0n) is 12.1. The average Bonchev–Trinajstić information content (AvgIpc) is 3.01. The Morgan fingerprint density at radius 2 is 1.86 bits per heavy atom. The van der Waals surface area contributed by atoms with Crippen LogP contribution < -0.4 is 14.8 Å². The van der Waals surface area contributed by atoms with Crippen LogP contribution in [-0.2, 0) is 6.54 Å². The van der Waals surface area contributed by atoms with E-state index in [1.807, 2.05) is 12.1 Å². The number of nitrogens with one attached hydrogen (secondary N) is 2. The first kappa shape index (κ1) is 13.9. The molecular weight excluding hydrogens is 286 g/mol. The molecule has 114 valence electrons. The Kier molecular flexibility index (Phi) is 3.65. The first-order valence-electron chi connectivity index (χ1n) is 6.55. The largest absolute Gasteiger partial charge is 0.497 e. The summed E-state index contributed by atoms with van der Waals surface area (Å²) in [5.74, 6) is 1.53. The van der Waals surface area contributed by atoms with Crippen LogP contribution in [0.3, 0.4) is 0 Å². The van der Waals surface area contributed by atoms with Crippen molar-refractivity contribution in [1.82, 2.24) is 19.9 Å². The molecule has 3 N–H and O–H groups in total. The van der Waals surface area contributed by atoms with E-state index in [9.17, 15) is 5.11 Å². The molecule has 0 aliphatic rings. The van der Waals surface area contributed by atoms with Gasteiger partial charge in [0.15, 0.2) is 11.2 Å². The van der Waals surface area contributed by atoms with Gasteiger partial charge in [0.25, 0.3) is 0 Å². The predicted molar refractivity (Wildman–Crippen MR) is 80.2 cm³/mol. The molecule has 0 amide bonds. The Bertz CT molecular complexity index is 780. The third-order valence-corrected chi connectivity index (χ3v) is 3.12. The molecule has 1 aromatic carbocycles. The van der Waals surface area contributed by atoms with Crippen LogP contribution >= 0.6 is 0 Å². The number of aromatic hydroxyl groups is 1. The van der Waals surface area contributed by atoms with Gasteiger partial charge in [-0.25, -0.2) is 4.98 Å². The second kappa shape index (κ2) is 5.76. The number of aromatic nitrogens is 4. The molecule has 3 rings (SSSR count). The highest BCUT2D eigenvalue weighted by atomic mass is 16.5. The molecule has 0 saturated carbocycles. The van der Waals surface area contributed by atoms with Gasteiger partial charge in [-0.3, -0.25) is 0 Å². The number of rotatable bonds is 5. The quantitative estimate of drug-likeness (QED) is 0.658. The number of nitrogens with zero attached hydrogens (tertiary/aromatic N) is 3. The minimum atomic E-state index is -0.169. The van der Waals surface area contributed by atoms with Crippen LogP contribution in [0.15, 0.2) is 24.5 Å². The van der Waals surface area contributed by atoms with E-state index in [1.54, 1.807) is 20.3 Å². The van der Waals surface area contributed by atoms with Gasteiger partial charge < -0.3 is 24.9 Å². The number of H-pyrrole nitrogens is 1. The summed E-state index contributed by atoms with van der Waals surface area (Å²) >= 11 is 0. The molecular formula is C14H15N5O3. The number of ether oxygens (including phenoxy) is 2. The number of methoxy groups -OCH3 is 2. The van der Waals surface area contributed by atoms with Crippen LogP contribution in [0.25, 0.3) is 11.2 Å². The number of aromatic amines is 1. The topological polar surface area (TPSA) is 105 Å². The highest BCUT2D eigenvalue weighted by molar-refractivity contribution is 5.76. The molecule has 0 radical (unpaired) electrons. The fourth-order valence-corrected chi connectivity index (χ4v) is 2.05. The van der Waals surface area contributed by atoms with E-state index in [2.05, 4.69) is 25.3 Å². The Labute approximate surface area is 126 Å². The number of benzene rings is 1. The fourth-order valence-electron chi connectivity index (χ4n) is 2.05. The maximum Gasteiger partial charge on any atom is 0.244 e. The third kappa shape index (κ3) is 2.71.